The molecule has 0 radical (unpaired) electrons. The molecule has 1 fully saturated rings. The molecule has 0 amide bonds. The van der Waals surface area contributed by atoms with E-state index in [0.29, 0.717) is 6.04 Å². The van der Waals surface area contributed by atoms with Crippen LogP contribution in [0, 0.1) is 0 Å². The van der Waals surface area contributed by atoms with E-state index in [0.717, 1.165) is 41.3 Å². The van der Waals surface area contributed by atoms with Crippen LogP contribution in [0.1, 0.15) is 18.7 Å². The molecule has 3 rings (SSSR count). The lowest BCUT2D eigenvalue weighted by molar-refractivity contribution is 0.173. The molecule has 2 aromatic rings. The van der Waals surface area contributed by atoms with E-state index >= 15 is 0 Å². The minimum atomic E-state index is 0.582. The van der Waals surface area contributed by atoms with Crippen molar-refractivity contribution in [2.75, 3.05) is 20.1 Å². The lowest BCUT2D eigenvalue weighted by Crippen LogP contribution is -2.43. The number of likely N-dealkylation sites (N-methyl/N-ethyl adjacent to an activating group) is 1. The van der Waals surface area contributed by atoms with E-state index in [9.17, 15) is 0 Å². The maximum atomic E-state index is 5.90. The number of hydrogen-bond donors (Lipinski definition) is 1. The van der Waals surface area contributed by atoms with E-state index < -0.39 is 0 Å². The monoisotopic (exact) mass is 349 g/mol. The highest BCUT2D eigenvalue weighted by molar-refractivity contribution is 9.10. The molecule has 1 atom stereocenters. The lowest BCUT2D eigenvalue weighted by Gasteiger charge is -2.31. The summed E-state index contributed by atoms with van der Waals surface area (Å²) in [6.45, 7) is 2.96. The molecule has 1 aliphatic heterocycles. The molecule has 1 aromatic carbocycles. The molecule has 0 saturated carbocycles. The molecule has 2 heterocycles. The van der Waals surface area contributed by atoms with Crippen LogP contribution in [0.15, 0.2) is 39.4 Å². The van der Waals surface area contributed by atoms with E-state index in [4.69, 9.17) is 4.42 Å². The topological polar surface area (TPSA) is 41.3 Å². The molecule has 112 valence electrons. The first-order valence-corrected chi connectivity index (χ1v) is 8.14. The Balaban J connectivity index is 1.68. The zero-order valence-electron chi connectivity index (χ0n) is 12.2. The largest absolute Gasteiger partial charge is 0.439 e. The fraction of sp³-hybridized carbons (Fsp3) is 0.438. The first kappa shape index (κ1) is 14.8. The van der Waals surface area contributed by atoms with Gasteiger partial charge in [-0.2, -0.15) is 0 Å². The standard InChI is InChI=1S/C16H20BrN3O/c1-18-14-6-3-7-20(10-14)11-16-19-9-15(21-16)12-4-2-5-13(17)8-12/h2,4-5,8-9,14,18H,3,6-7,10-11H2,1H3. The summed E-state index contributed by atoms with van der Waals surface area (Å²) >= 11 is 3.48. The summed E-state index contributed by atoms with van der Waals surface area (Å²) in [5.41, 5.74) is 1.05. The second-order valence-electron chi connectivity index (χ2n) is 5.49. The Bertz CT molecular complexity index is 599. The van der Waals surface area contributed by atoms with Gasteiger partial charge in [0.25, 0.3) is 0 Å². The van der Waals surface area contributed by atoms with Crippen molar-refractivity contribution >= 4 is 15.9 Å². The highest BCUT2D eigenvalue weighted by atomic mass is 79.9. The van der Waals surface area contributed by atoms with Crippen molar-refractivity contribution in [1.29, 1.82) is 0 Å². The quantitative estimate of drug-likeness (QED) is 0.919. The van der Waals surface area contributed by atoms with Crippen molar-refractivity contribution in [1.82, 2.24) is 15.2 Å². The molecule has 21 heavy (non-hydrogen) atoms. The molecule has 1 N–H and O–H groups in total. The second-order valence-corrected chi connectivity index (χ2v) is 6.41. The third kappa shape index (κ3) is 3.73. The molecule has 0 bridgehead atoms. The van der Waals surface area contributed by atoms with Crippen LogP contribution in [-0.4, -0.2) is 36.1 Å². The van der Waals surface area contributed by atoms with E-state index in [1.165, 1.54) is 12.8 Å². The summed E-state index contributed by atoms with van der Waals surface area (Å²) in [7, 11) is 2.03. The van der Waals surface area contributed by atoms with E-state index in [2.05, 4.69) is 31.1 Å². The average molecular weight is 350 g/mol. The molecular weight excluding hydrogens is 330 g/mol. The number of likely N-dealkylation sites (tertiary alicyclic amines) is 1. The number of oxazole rings is 1. The predicted molar refractivity (Wildman–Crippen MR) is 87.0 cm³/mol. The maximum Gasteiger partial charge on any atom is 0.209 e. The number of aromatic nitrogens is 1. The second kappa shape index (κ2) is 6.73. The van der Waals surface area contributed by atoms with Gasteiger partial charge in [-0.05, 0) is 38.6 Å². The molecule has 0 spiro atoms. The van der Waals surface area contributed by atoms with Gasteiger partial charge >= 0.3 is 0 Å². The highest BCUT2D eigenvalue weighted by Gasteiger charge is 2.20. The van der Waals surface area contributed by atoms with Gasteiger partial charge in [0.2, 0.25) is 5.89 Å². The van der Waals surface area contributed by atoms with Crippen LogP contribution in [-0.2, 0) is 6.54 Å². The fourth-order valence-electron chi connectivity index (χ4n) is 2.78. The van der Waals surface area contributed by atoms with Crippen molar-refractivity contribution in [2.45, 2.75) is 25.4 Å². The summed E-state index contributed by atoms with van der Waals surface area (Å²) in [6.07, 6.45) is 4.29. The summed E-state index contributed by atoms with van der Waals surface area (Å²) in [6, 6.07) is 8.67. The number of halogens is 1. The Hall–Kier alpha value is -1.17. The van der Waals surface area contributed by atoms with Crippen LogP contribution >= 0.6 is 15.9 Å². The van der Waals surface area contributed by atoms with Gasteiger partial charge in [0.15, 0.2) is 5.76 Å². The summed E-state index contributed by atoms with van der Waals surface area (Å²) < 4.78 is 6.95. The van der Waals surface area contributed by atoms with Crippen LogP contribution in [0.4, 0.5) is 0 Å². The van der Waals surface area contributed by atoms with E-state index in [1.807, 2.05) is 37.5 Å². The Morgan fingerprint density at radius 2 is 2.38 bits per heavy atom. The van der Waals surface area contributed by atoms with Crippen molar-refractivity contribution in [3.05, 3.63) is 40.8 Å². The number of piperidine rings is 1. The van der Waals surface area contributed by atoms with Crippen LogP contribution in [0.3, 0.4) is 0 Å². The average Bonchev–Trinajstić information content (AvgIpc) is 2.96. The van der Waals surface area contributed by atoms with Gasteiger partial charge < -0.3 is 9.73 Å². The Kier molecular flexibility index (Phi) is 4.73. The predicted octanol–water partition coefficient (Wildman–Crippen LogP) is 3.29. The third-order valence-corrected chi connectivity index (χ3v) is 4.43. The van der Waals surface area contributed by atoms with Crippen molar-refractivity contribution in [3.63, 3.8) is 0 Å². The molecule has 1 unspecified atom stereocenters. The molecular formula is C16H20BrN3O. The Morgan fingerprint density at radius 3 is 3.19 bits per heavy atom. The zero-order chi connectivity index (χ0) is 14.7. The van der Waals surface area contributed by atoms with Crippen LogP contribution in [0.5, 0.6) is 0 Å². The first-order chi connectivity index (χ1) is 10.2. The lowest BCUT2D eigenvalue weighted by atomic mass is 10.1. The van der Waals surface area contributed by atoms with Crippen LogP contribution in [0.2, 0.25) is 0 Å². The van der Waals surface area contributed by atoms with Gasteiger partial charge in [0, 0.05) is 22.6 Å². The van der Waals surface area contributed by atoms with Gasteiger partial charge in [-0.15, -0.1) is 0 Å². The summed E-state index contributed by atoms with van der Waals surface area (Å²) in [5, 5.41) is 3.36. The summed E-state index contributed by atoms with van der Waals surface area (Å²) in [5.74, 6) is 1.62. The van der Waals surface area contributed by atoms with Gasteiger partial charge in [0.05, 0.1) is 12.7 Å². The van der Waals surface area contributed by atoms with Crippen LogP contribution < -0.4 is 5.32 Å². The smallest absolute Gasteiger partial charge is 0.209 e. The number of nitrogens with one attached hydrogen (secondary N) is 1. The van der Waals surface area contributed by atoms with Gasteiger partial charge in [-0.1, -0.05) is 28.1 Å². The van der Waals surface area contributed by atoms with Gasteiger partial charge in [0.1, 0.15) is 0 Å². The molecule has 5 heteroatoms. The number of nitrogens with zero attached hydrogens (tertiary/aromatic N) is 2. The number of rotatable bonds is 4. The normalized spacial score (nSPS) is 19.8. The van der Waals surface area contributed by atoms with Crippen molar-refractivity contribution < 1.29 is 4.42 Å². The van der Waals surface area contributed by atoms with Crippen molar-refractivity contribution in [3.8, 4) is 11.3 Å². The minimum Gasteiger partial charge on any atom is -0.439 e. The zero-order valence-corrected chi connectivity index (χ0v) is 13.8. The summed E-state index contributed by atoms with van der Waals surface area (Å²) in [4.78, 5) is 6.83. The fourth-order valence-corrected chi connectivity index (χ4v) is 3.18. The minimum absolute atomic E-state index is 0.582. The first-order valence-electron chi connectivity index (χ1n) is 7.35. The maximum absolute atomic E-state index is 5.90. The molecule has 1 saturated heterocycles. The molecule has 4 nitrogen and oxygen atoms in total. The van der Waals surface area contributed by atoms with Crippen molar-refractivity contribution in [2.24, 2.45) is 0 Å². The Labute approximate surface area is 133 Å². The van der Waals surface area contributed by atoms with Crippen LogP contribution in [0.25, 0.3) is 11.3 Å². The SMILES string of the molecule is CNC1CCCN(Cc2ncc(-c3cccc(Br)c3)o2)C1. The number of benzene rings is 1. The number of hydrogen-bond acceptors (Lipinski definition) is 4. The third-order valence-electron chi connectivity index (χ3n) is 3.94. The Morgan fingerprint density at radius 1 is 1.48 bits per heavy atom. The van der Waals surface area contributed by atoms with Gasteiger partial charge in [-0.3, -0.25) is 4.90 Å². The molecule has 1 aliphatic rings. The molecule has 0 aliphatic carbocycles. The molecule has 1 aromatic heterocycles. The van der Waals surface area contributed by atoms with Gasteiger partial charge in [-0.25, -0.2) is 4.98 Å². The van der Waals surface area contributed by atoms with E-state index in [-0.39, 0.29) is 0 Å². The highest BCUT2D eigenvalue weighted by Crippen LogP contribution is 2.24. The van der Waals surface area contributed by atoms with E-state index in [1.54, 1.807) is 0 Å².